The molecule has 2 aromatic rings. The number of nitrogens with zero attached hydrogens (tertiary/aromatic N) is 3. The Labute approximate surface area is 122 Å². The molecule has 106 valence electrons. The predicted molar refractivity (Wildman–Crippen MR) is 77.9 cm³/mol. The van der Waals surface area contributed by atoms with Crippen molar-refractivity contribution in [2.75, 3.05) is 0 Å². The molecule has 1 aliphatic rings. The van der Waals surface area contributed by atoms with Crippen LogP contribution in [0.5, 0.6) is 0 Å². The fourth-order valence-electron chi connectivity index (χ4n) is 2.55. The Balaban J connectivity index is 1.66. The molecule has 20 heavy (non-hydrogen) atoms. The van der Waals surface area contributed by atoms with Crippen LogP contribution in [-0.4, -0.2) is 20.4 Å². The number of nitrogens with one attached hydrogen (secondary N) is 1. The highest BCUT2D eigenvalue weighted by Crippen LogP contribution is 2.17. The molecule has 5 nitrogen and oxygen atoms in total. The zero-order valence-electron chi connectivity index (χ0n) is 11.8. The molecule has 1 N–H and O–H groups in total. The SMILES string of the molecule is Cc1nc(C(=O)NCc2cn3c(n2)CCCC3)c(C)s1. The molecule has 6 heteroatoms. The molecule has 2 aromatic heterocycles. The van der Waals surface area contributed by atoms with Gasteiger partial charge in [-0.05, 0) is 26.7 Å². The molecular formula is C14H18N4OS. The van der Waals surface area contributed by atoms with Crippen LogP contribution in [-0.2, 0) is 19.5 Å². The van der Waals surface area contributed by atoms with Crippen molar-refractivity contribution in [1.29, 1.82) is 0 Å². The summed E-state index contributed by atoms with van der Waals surface area (Å²) in [5.41, 5.74) is 1.47. The third-order valence-electron chi connectivity index (χ3n) is 3.51. The molecule has 3 heterocycles. The topological polar surface area (TPSA) is 59.8 Å². The normalized spacial score (nSPS) is 14.1. The molecule has 0 fully saturated rings. The average molecular weight is 290 g/mol. The summed E-state index contributed by atoms with van der Waals surface area (Å²) in [4.78, 5) is 21.9. The van der Waals surface area contributed by atoms with E-state index in [0.29, 0.717) is 12.2 Å². The van der Waals surface area contributed by atoms with Gasteiger partial charge in [0.25, 0.3) is 5.91 Å². The number of fused-ring (bicyclic) bond motifs is 1. The lowest BCUT2D eigenvalue weighted by Gasteiger charge is -2.11. The first-order chi connectivity index (χ1) is 9.63. The monoisotopic (exact) mass is 290 g/mol. The van der Waals surface area contributed by atoms with Crippen molar-refractivity contribution < 1.29 is 4.79 Å². The summed E-state index contributed by atoms with van der Waals surface area (Å²) < 4.78 is 2.20. The summed E-state index contributed by atoms with van der Waals surface area (Å²) in [7, 11) is 0. The Hall–Kier alpha value is -1.69. The molecule has 0 bridgehead atoms. The van der Waals surface area contributed by atoms with E-state index in [1.165, 1.54) is 12.8 Å². The number of rotatable bonds is 3. The summed E-state index contributed by atoms with van der Waals surface area (Å²) in [6.45, 7) is 5.35. The Bertz CT molecular complexity index is 620. The van der Waals surface area contributed by atoms with E-state index in [-0.39, 0.29) is 5.91 Å². The number of thiazole rings is 1. The van der Waals surface area contributed by atoms with Crippen molar-refractivity contribution in [3.05, 3.63) is 33.3 Å². The van der Waals surface area contributed by atoms with Gasteiger partial charge < -0.3 is 9.88 Å². The third kappa shape index (κ3) is 2.60. The zero-order chi connectivity index (χ0) is 14.1. The number of hydrogen-bond donors (Lipinski definition) is 1. The first-order valence-electron chi connectivity index (χ1n) is 6.90. The van der Waals surface area contributed by atoms with Crippen LogP contribution in [0.1, 0.15) is 44.7 Å². The molecule has 1 amide bonds. The molecule has 0 unspecified atom stereocenters. The number of hydrogen-bond acceptors (Lipinski definition) is 4. The van der Waals surface area contributed by atoms with Crippen molar-refractivity contribution in [1.82, 2.24) is 19.9 Å². The summed E-state index contributed by atoms with van der Waals surface area (Å²) in [5, 5.41) is 3.83. The van der Waals surface area contributed by atoms with Gasteiger partial charge in [-0.3, -0.25) is 4.79 Å². The summed E-state index contributed by atoms with van der Waals surface area (Å²) in [6.07, 6.45) is 5.51. The van der Waals surface area contributed by atoms with E-state index in [1.54, 1.807) is 11.3 Å². The van der Waals surface area contributed by atoms with E-state index in [4.69, 9.17) is 0 Å². The second-order valence-electron chi connectivity index (χ2n) is 5.12. The molecule has 0 saturated carbocycles. The fraction of sp³-hybridized carbons (Fsp3) is 0.500. The number of amides is 1. The number of imidazole rings is 1. The number of aryl methyl sites for hydroxylation is 4. The van der Waals surface area contributed by atoms with Crippen molar-refractivity contribution in [3.8, 4) is 0 Å². The van der Waals surface area contributed by atoms with Gasteiger partial charge in [0.15, 0.2) is 0 Å². The first kappa shape index (κ1) is 13.3. The summed E-state index contributed by atoms with van der Waals surface area (Å²) >= 11 is 1.55. The molecule has 0 radical (unpaired) electrons. The van der Waals surface area contributed by atoms with Crippen molar-refractivity contribution in [2.24, 2.45) is 0 Å². The van der Waals surface area contributed by atoms with E-state index in [1.807, 2.05) is 20.0 Å². The maximum absolute atomic E-state index is 12.1. The predicted octanol–water partition coefficient (Wildman–Crippen LogP) is 2.22. The van der Waals surface area contributed by atoms with E-state index in [0.717, 1.165) is 34.4 Å². The Morgan fingerprint density at radius 2 is 2.25 bits per heavy atom. The highest BCUT2D eigenvalue weighted by molar-refractivity contribution is 7.11. The molecule has 0 saturated heterocycles. The standard InChI is InChI=1S/C14H18N4OS/c1-9-13(16-10(2)20-9)14(19)15-7-11-8-18-6-4-3-5-12(18)17-11/h8H,3-7H2,1-2H3,(H,15,19). The average Bonchev–Trinajstić information content (AvgIpc) is 2.98. The van der Waals surface area contributed by atoms with E-state index in [2.05, 4.69) is 19.9 Å². The van der Waals surface area contributed by atoms with Gasteiger partial charge >= 0.3 is 0 Å². The lowest BCUT2D eigenvalue weighted by molar-refractivity contribution is 0.0945. The van der Waals surface area contributed by atoms with Gasteiger partial charge in [-0.1, -0.05) is 0 Å². The van der Waals surface area contributed by atoms with Crippen LogP contribution in [0.15, 0.2) is 6.20 Å². The quantitative estimate of drug-likeness (QED) is 0.943. The molecule has 0 atom stereocenters. The van der Waals surface area contributed by atoms with Crippen LogP contribution in [0.2, 0.25) is 0 Å². The summed E-state index contributed by atoms with van der Waals surface area (Å²) in [6, 6.07) is 0. The van der Waals surface area contributed by atoms with E-state index in [9.17, 15) is 4.79 Å². The van der Waals surface area contributed by atoms with Crippen LogP contribution < -0.4 is 5.32 Å². The van der Waals surface area contributed by atoms with Crippen molar-refractivity contribution in [2.45, 2.75) is 46.2 Å². The van der Waals surface area contributed by atoms with E-state index >= 15 is 0 Å². The van der Waals surface area contributed by atoms with Gasteiger partial charge in [0.05, 0.1) is 17.2 Å². The first-order valence-corrected chi connectivity index (χ1v) is 7.72. The highest BCUT2D eigenvalue weighted by Gasteiger charge is 2.15. The molecule has 0 spiro atoms. The second kappa shape index (κ2) is 5.36. The van der Waals surface area contributed by atoms with Gasteiger partial charge in [0.1, 0.15) is 11.5 Å². The minimum Gasteiger partial charge on any atom is -0.345 e. The lowest BCUT2D eigenvalue weighted by atomic mass is 10.2. The molecule has 0 aliphatic carbocycles. The Kier molecular flexibility index (Phi) is 3.56. The van der Waals surface area contributed by atoms with Crippen LogP contribution in [0, 0.1) is 13.8 Å². The fourth-order valence-corrected chi connectivity index (χ4v) is 3.37. The van der Waals surface area contributed by atoms with Crippen molar-refractivity contribution >= 4 is 17.2 Å². The minimum atomic E-state index is -0.113. The lowest BCUT2D eigenvalue weighted by Crippen LogP contribution is -2.24. The number of carbonyl (C=O) groups is 1. The zero-order valence-corrected chi connectivity index (χ0v) is 12.6. The van der Waals surface area contributed by atoms with Gasteiger partial charge in [0.2, 0.25) is 0 Å². The molecule has 3 rings (SSSR count). The van der Waals surface area contributed by atoms with Crippen LogP contribution >= 0.6 is 11.3 Å². The van der Waals surface area contributed by atoms with Gasteiger partial charge in [-0.15, -0.1) is 11.3 Å². The van der Waals surface area contributed by atoms with Crippen LogP contribution in [0.4, 0.5) is 0 Å². The summed E-state index contributed by atoms with van der Waals surface area (Å²) in [5.74, 6) is 1.03. The van der Waals surface area contributed by atoms with Gasteiger partial charge in [0, 0.05) is 24.0 Å². The largest absolute Gasteiger partial charge is 0.345 e. The van der Waals surface area contributed by atoms with Crippen molar-refractivity contribution in [3.63, 3.8) is 0 Å². The van der Waals surface area contributed by atoms with Crippen LogP contribution in [0.25, 0.3) is 0 Å². The molecule has 0 aromatic carbocycles. The minimum absolute atomic E-state index is 0.113. The van der Waals surface area contributed by atoms with Crippen LogP contribution in [0.3, 0.4) is 0 Å². The third-order valence-corrected chi connectivity index (χ3v) is 4.39. The van der Waals surface area contributed by atoms with E-state index < -0.39 is 0 Å². The van der Waals surface area contributed by atoms with Gasteiger partial charge in [-0.2, -0.15) is 0 Å². The highest BCUT2D eigenvalue weighted by atomic mass is 32.1. The number of aromatic nitrogens is 3. The molecule has 1 aliphatic heterocycles. The second-order valence-corrected chi connectivity index (χ2v) is 6.53. The number of carbonyl (C=O) groups excluding carboxylic acids is 1. The Morgan fingerprint density at radius 1 is 1.40 bits per heavy atom. The molecular weight excluding hydrogens is 272 g/mol. The van der Waals surface area contributed by atoms with Gasteiger partial charge in [-0.25, -0.2) is 9.97 Å². The maximum atomic E-state index is 12.1. The smallest absolute Gasteiger partial charge is 0.271 e. The Morgan fingerprint density at radius 3 is 2.95 bits per heavy atom. The maximum Gasteiger partial charge on any atom is 0.271 e.